The zero-order valence-corrected chi connectivity index (χ0v) is 10.4. The topological polar surface area (TPSA) is 56.7 Å². The van der Waals surface area contributed by atoms with E-state index in [1.54, 1.807) is 16.8 Å². The highest BCUT2D eigenvalue weighted by atomic mass is 19.1. The van der Waals surface area contributed by atoms with E-state index in [0.29, 0.717) is 18.5 Å². The van der Waals surface area contributed by atoms with Crippen molar-refractivity contribution < 1.29 is 4.39 Å². The van der Waals surface area contributed by atoms with Gasteiger partial charge in [0.1, 0.15) is 5.82 Å². The molecular weight excluding hydrogens is 231 g/mol. The lowest BCUT2D eigenvalue weighted by Gasteiger charge is -2.13. The quantitative estimate of drug-likeness (QED) is 0.868. The fourth-order valence-electron chi connectivity index (χ4n) is 2.00. The minimum atomic E-state index is -0.171. The summed E-state index contributed by atoms with van der Waals surface area (Å²) < 4.78 is 15.2. The summed E-state index contributed by atoms with van der Waals surface area (Å²) in [6, 6.07) is 6.81. The summed E-state index contributed by atoms with van der Waals surface area (Å²) in [7, 11) is 1.82. The smallest absolute Gasteiger partial charge is 0.126 e. The van der Waals surface area contributed by atoms with Crippen molar-refractivity contribution in [1.29, 1.82) is 0 Å². The maximum Gasteiger partial charge on any atom is 0.126 e. The van der Waals surface area contributed by atoms with Gasteiger partial charge in [-0.05, 0) is 36.9 Å². The van der Waals surface area contributed by atoms with Gasteiger partial charge in [0.25, 0.3) is 0 Å². The molecule has 0 saturated heterocycles. The number of hydrogen-bond acceptors (Lipinski definition) is 3. The van der Waals surface area contributed by atoms with Crippen molar-refractivity contribution in [2.75, 3.05) is 6.54 Å². The van der Waals surface area contributed by atoms with Crippen LogP contribution < -0.4 is 5.73 Å². The van der Waals surface area contributed by atoms with Gasteiger partial charge in [-0.1, -0.05) is 23.4 Å². The molecule has 0 aliphatic heterocycles. The van der Waals surface area contributed by atoms with Gasteiger partial charge >= 0.3 is 0 Å². The molecule has 1 heterocycles. The van der Waals surface area contributed by atoms with Crippen molar-refractivity contribution in [3.05, 3.63) is 47.5 Å². The molecule has 2 N–H and O–H groups in total. The average Bonchev–Trinajstić information content (AvgIpc) is 2.76. The lowest BCUT2D eigenvalue weighted by Crippen LogP contribution is -2.20. The molecule has 4 nitrogen and oxygen atoms in total. The number of aryl methyl sites for hydroxylation is 1. The molecule has 1 aromatic carbocycles. The van der Waals surface area contributed by atoms with Gasteiger partial charge < -0.3 is 5.73 Å². The lowest BCUT2D eigenvalue weighted by atomic mass is 9.95. The molecule has 0 bridgehead atoms. The maximum absolute atomic E-state index is 13.6. The third kappa shape index (κ3) is 3.13. The minimum absolute atomic E-state index is 0.171. The van der Waals surface area contributed by atoms with Gasteiger partial charge in [-0.15, -0.1) is 5.10 Å². The van der Waals surface area contributed by atoms with Crippen molar-refractivity contribution in [3.63, 3.8) is 0 Å². The van der Waals surface area contributed by atoms with Crippen LogP contribution in [0.5, 0.6) is 0 Å². The summed E-state index contributed by atoms with van der Waals surface area (Å²) in [5.74, 6) is 0.00805. The van der Waals surface area contributed by atoms with Gasteiger partial charge in [-0.3, -0.25) is 4.68 Å². The Morgan fingerprint density at radius 1 is 1.33 bits per heavy atom. The Bertz CT molecular complexity index is 509. The van der Waals surface area contributed by atoms with Crippen LogP contribution in [0.2, 0.25) is 0 Å². The van der Waals surface area contributed by atoms with Gasteiger partial charge in [0.15, 0.2) is 0 Å². The van der Waals surface area contributed by atoms with Crippen molar-refractivity contribution in [2.24, 2.45) is 18.7 Å². The zero-order chi connectivity index (χ0) is 13.0. The molecule has 0 fully saturated rings. The molecule has 0 amide bonds. The number of aromatic nitrogens is 3. The summed E-state index contributed by atoms with van der Waals surface area (Å²) >= 11 is 0. The monoisotopic (exact) mass is 248 g/mol. The molecule has 1 atom stereocenters. The van der Waals surface area contributed by atoms with E-state index in [0.717, 1.165) is 12.1 Å². The summed E-state index contributed by atoms with van der Waals surface area (Å²) in [4.78, 5) is 0. The molecule has 0 radical (unpaired) electrons. The highest BCUT2D eigenvalue weighted by Crippen LogP contribution is 2.15. The third-order valence-electron chi connectivity index (χ3n) is 2.95. The van der Waals surface area contributed by atoms with E-state index in [1.165, 1.54) is 6.07 Å². The van der Waals surface area contributed by atoms with Gasteiger partial charge in [-0.25, -0.2) is 4.39 Å². The minimum Gasteiger partial charge on any atom is -0.330 e. The lowest BCUT2D eigenvalue weighted by molar-refractivity contribution is 0.506. The fraction of sp³-hybridized carbons (Fsp3) is 0.385. The van der Waals surface area contributed by atoms with Gasteiger partial charge in [0, 0.05) is 13.2 Å². The normalized spacial score (nSPS) is 12.6. The second-order valence-electron chi connectivity index (χ2n) is 4.48. The van der Waals surface area contributed by atoms with Crippen molar-refractivity contribution >= 4 is 0 Å². The first-order chi connectivity index (χ1) is 8.69. The van der Waals surface area contributed by atoms with Gasteiger partial charge in [-0.2, -0.15) is 0 Å². The highest BCUT2D eigenvalue weighted by molar-refractivity contribution is 5.18. The number of nitrogens with two attached hydrogens (primary N) is 1. The second kappa shape index (κ2) is 5.73. The Balaban J connectivity index is 2.04. The largest absolute Gasteiger partial charge is 0.330 e. The van der Waals surface area contributed by atoms with Gasteiger partial charge in [0.05, 0.1) is 5.69 Å². The molecule has 0 saturated carbocycles. The summed E-state index contributed by atoms with van der Waals surface area (Å²) in [5, 5.41) is 7.91. The Morgan fingerprint density at radius 2 is 2.11 bits per heavy atom. The predicted molar refractivity (Wildman–Crippen MR) is 67.4 cm³/mol. The van der Waals surface area contributed by atoms with E-state index in [2.05, 4.69) is 10.3 Å². The van der Waals surface area contributed by atoms with Crippen molar-refractivity contribution in [1.82, 2.24) is 15.0 Å². The van der Waals surface area contributed by atoms with Crippen molar-refractivity contribution in [3.8, 4) is 0 Å². The van der Waals surface area contributed by atoms with E-state index in [4.69, 9.17) is 5.73 Å². The second-order valence-corrected chi connectivity index (χ2v) is 4.48. The number of rotatable bonds is 5. The van der Waals surface area contributed by atoms with E-state index in [1.807, 2.05) is 19.3 Å². The first-order valence-corrected chi connectivity index (χ1v) is 5.97. The van der Waals surface area contributed by atoms with E-state index in [9.17, 15) is 4.39 Å². The van der Waals surface area contributed by atoms with Crippen LogP contribution in [0, 0.1) is 11.7 Å². The van der Waals surface area contributed by atoms with Crippen LogP contribution >= 0.6 is 0 Å². The van der Waals surface area contributed by atoms with Crippen LogP contribution in [0.4, 0.5) is 4.39 Å². The summed E-state index contributed by atoms with van der Waals surface area (Å²) in [6.07, 6.45) is 3.21. The van der Waals surface area contributed by atoms with Crippen LogP contribution in [0.1, 0.15) is 11.3 Å². The molecular formula is C13H17FN4. The highest BCUT2D eigenvalue weighted by Gasteiger charge is 2.13. The summed E-state index contributed by atoms with van der Waals surface area (Å²) in [6.45, 7) is 0.505. The van der Waals surface area contributed by atoms with Crippen LogP contribution in [-0.2, 0) is 19.9 Å². The number of nitrogens with zero attached hydrogens (tertiary/aromatic N) is 3. The zero-order valence-electron chi connectivity index (χ0n) is 10.4. The number of benzene rings is 1. The molecule has 96 valence electrons. The Hall–Kier alpha value is -1.75. The molecule has 0 aliphatic rings. The van der Waals surface area contributed by atoms with E-state index in [-0.39, 0.29) is 11.7 Å². The SMILES string of the molecule is Cn1cc(CC(CN)Cc2ccccc2F)nn1. The number of hydrogen-bond donors (Lipinski definition) is 1. The molecule has 2 rings (SSSR count). The Morgan fingerprint density at radius 3 is 2.72 bits per heavy atom. The average molecular weight is 248 g/mol. The molecule has 5 heteroatoms. The molecule has 1 aromatic heterocycles. The fourth-order valence-corrected chi connectivity index (χ4v) is 2.00. The van der Waals surface area contributed by atoms with Gasteiger partial charge in [0.2, 0.25) is 0 Å². The molecule has 2 aromatic rings. The van der Waals surface area contributed by atoms with Crippen LogP contribution in [-0.4, -0.2) is 21.5 Å². The van der Waals surface area contributed by atoms with Crippen LogP contribution in [0.3, 0.4) is 0 Å². The molecule has 0 spiro atoms. The van der Waals surface area contributed by atoms with Crippen LogP contribution in [0.25, 0.3) is 0 Å². The van der Waals surface area contributed by atoms with E-state index < -0.39 is 0 Å². The first kappa shape index (κ1) is 12.7. The maximum atomic E-state index is 13.6. The number of halogens is 1. The molecule has 0 aliphatic carbocycles. The van der Waals surface area contributed by atoms with E-state index >= 15 is 0 Å². The molecule has 1 unspecified atom stereocenters. The first-order valence-electron chi connectivity index (χ1n) is 5.97. The Labute approximate surface area is 106 Å². The predicted octanol–water partition coefficient (Wildman–Crippen LogP) is 1.31. The third-order valence-corrected chi connectivity index (χ3v) is 2.95. The molecule has 18 heavy (non-hydrogen) atoms. The standard InChI is InChI=1S/C13H17FN4/c1-18-9-12(16-17-18)7-10(8-15)6-11-4-2-3-5-13(11)14/h2-5,9-10H,6-8,15H2,1H3. The van der Waals surface area contributed by atoms with Crippen molar-refractivity contribution in [2.45, 2.75) is 12.8 Å². The van der Waals surface area contributed by atoms with Crippen LogP contribution in [0.15, 0.2) is 30.5 Å². The Kier molecular flexibility index (Phi) is 4.04. The summed E-state index contributed by atoms with van der Waals surface area (Å²) in [5.41, 5.74) is 7.35.